The largest absolute Gasteiger partial charge is 0.495 e. The van der Waals surface area contributed by atoms with Gasteiger partial charge in [0.2, 0.25) is 0 Å². The van der Waals surface area contributed by atoms with E-state index in [0.29, 0.717) is 0 Å². The second kappa shape index (κ2) is 29.9. The first kappa shape index (κ1) is 83.8. The molecule has 3 heterocycles. The van der Waals surface area contributed by atoms with Crippen molar-refractivity contribution in [3.8, 4) is 0 Å². The normalized spacial score (nSPS) is 19.4. The highest BCUT2D eigenvalue weighted by molar-refractivity contribution is 7.11. The molecule has 0 amide bonds. The smallest absolute Gasteiger partial charge is 0.413 e. The molecule has 13 heteroatoms. The first-order chi connectivity index (χ1) is 43.4. The van der Waals surface area contributed by atoms with Crippen molar-refractivity contribution < 1.29 is 36.8 Å². The molecule has 4 aromatic carbocycles. The lowest BCUT2D eigenvalue weighted by Gasteiger charge is -2.43. The minimum absolute atomic E-state index is 0.0398. The molecule has 0 saturated carbocycles. The lowest BCUT2D eigenvalue weighted by molar-refractivity contribution is 0.00578. The molecule has 3 aliphatic rings. The van der Waals surface area contributed by atoms with E-state index in [9.17, 15) is 0 Å². The van der Waals surface area contributed by atoms with Gasteiger partial charge in [-0.15, -0.1) is 0 Å². The quantitative estimate of drug-likeness (QED) is 0.0811. The monoisotopic (exact) mass is 1360 g/mol. The summed E-state index contributed by atoms with van der Waals surface area (Å²) in [5.74, 6) is 0. The fraction of sp³-hybridized carbons (Fsp3) is 0.711. The summed E-state index contributed by atoms with van der Waals surface area (Å²) in [6.07, 6.45) is 9.03. The van der Waals surface area contributed by atoms with E-state index in [-0.39, 0.29) is 84.7 Å². The summed E-state index contributed by atoms with van der Waals surface area (Å²) in [7, 11) is -4.97. The van der Waals surface area contributed by atoms with Crippen LogP contribution < -0.4 is 5.46 Å². The van der Waals surface area contributed by atoms with E-state index in [1.807, 2.05) is 55.4 Å². The standard InChI is InChI=1S/C38H63BO3Si.C33H54OSi.C12H24B2O4/c1-17-38(18-2,31-22-23-32(28(4)26-31)39-41-36(11,12)37(13,14)42-39)30-21-19-29(27(3)25-30)20-24-33(34(5,6)7)40-43(15,16)35(8,9)10;1-14-33(15-2,28-19-16-24(3)25(4)22-28)29-20-17-27(26(5)23-29)18-21-30(31(6,7)8)34-35(12,13)32(9,10)11;1-9(2)10(3,4)16-13(15-9)14-17-11(5,6)12(7,8)18-14/h19,21-23,25-26,33H,17-18,20,24H2,1-16H3;16-17,19-20,22-23,30H,14-15,18,21H2,1-13H3;1-8H3. The van der Waals surface area contributed by atoms with Gasteiger partial charge in [-0.2, -0.15) is 0 Å². The molecule has 7 rings (SSSR count). The topological polar surface area (TPSA) is 73.8 Å². The zero-order chi connectivity index (χ0) is 73.6. The maximum Gasteiger partial charge on any atom is 0.495 e. The second-order valence-corrected chi connectivity index (χ2v) is 47.1. The number of aryl methyl sites for hydroxylation is 7. The van der Waals surface area contributed by atoms with Gasteiger partial charge in [-0.05, 0) is 277 Å². The van der Waals surface area contributed by atoms with Gasteiger partial charge in [0.15, 0.2) is 16.6 Å². The van der Waals surface area contributed by atoms with Crippen LogP contribution in [-0.2, 0) is 60.4 Å². The van der Waals surface area contributed by atoms with Crippen LogP contribution in [0.15, 0.2) is 72.8 Å². The molecular weight excluding hydrogens is 1210 g/mol. The highest BCUT2D eigenvalue weighted by Gasteiger charge is 2.64. The SMILES string of the molecule is CC1(C)OB(B2OC(C)(C)C(C)(C)O2)OC1(C)C.CCC(CC)(c1ccc(C)c(C)c1)c1ccc(CCC(O[Si](C)(C)C(C)(C)C)C(C)(C)C)c(C)c1.CCC(CC)(c1ccc(CCC(O[Si](C)(C)C(C)(C)C)C(C)(C)C)c(C)c1)c1ccc(B2OC(C)(C)C(C)(C)O2)c(C)c1. The van der Waals surface area contributed by atoms with Gasteiger partial charge < -0.3 is 36.8 Å². The van der Waals surface area contributed by atoms with Gasteiger partial charge >= 0.3 is 21.1 Å². The van der Waals surface area contributed by atoms with E-state index in [1.165, 1.54) is 61.2 Å². The lowest BCUT2D eigenvalue weighted by atomic mass is 9.49. The van der Waals surface area contributed by atoms with Crippen molar-refractivity contribution in [2.45, 2.75) is 373 Å². The Labute approximate surface area is 594 Å². The Kier molecular flexibility index (Phi) is 26.1. The molecule has 3 aliphatic heterocycles. The Morgan fingerprint density at radius 2 is 0.635 bits per heavy atom. The minimum atomic E-state index is -1.86. The number of benzene rings is 4. The third kappa shape index (κ3) is 18.5. The summed E-state index contributed by atoms with van der Waals surface area (Å²) in [5.41, 5.74) is 14.6. The van der Waals surface area contributed by atoms with Gasteiger partial charge in [0.05, 0.1) is 45.8 Å². The molecule has 538 valence electrons. The van der Waals surface area contributed by atoms with Crippen LogP contribution >= 0.6 is 0 Å². The van der Waals surface area contributed by atoms with Gasteiger partial charge in [-0.3, -0.25) is 0 Å². The van der Waals surface area contributed by atoms with E-state index in [2.05, 4.69) is 272 Å². The molecule has 0 N–H and O–H groups in total. The molecule has 3 saturated heterocycles. The van der Waals surface area contributed by atoms with Crippen molar-refractivity contribution >= 4 is 43.2 Å². The van der Waals surface area contributed by atoms with Crippen LogP contribution in [0.4, 0.5) is 0 Å². The Morgan fingerprint density at radius 3 is 0.896 bits per heavy atom. The van der Waals surface area contributed by atoms with Crippen LogP contribution in [0.5, 0.6) is 0 Å². The zero-order valence-corrected chi connectivity index (χ0v) is 70.7. The molecular formula is C83H141B3O8Si2. The van der Waals surface area contributed by atoms with E-state index in [1.54, 1.807) is 0 Å². The Hall–Kier alpha value is -2.81. The lowest BCUT2D eigenvalue weighted by Crippen LogP contribution is -2.47. The van der Waals surface area contributed by atoms with Crippen molar-refractivity contribution in [2.24, 2.45) is 10.8 Å². The van der Waals surface area contributed by atoms with Crippen LogP contribution in [0.1, 0.15) is 294 Å². The predicted octanol–water partition coefficient (Wildman–Crippen LogP) is 22.4. The van der Waals surface area contributed by atoms with Crippen LogP contribution in [0.2, 0.25) is 36.3 Å². The Balaban J connectivity index is 0.000000280. The van der Waals surface area contributed by atoms with Crippen molar-refractivity contribution in [1.29, 1.82) is 0 Å². The molecule has 0 bridgehead atoms. The maximum absolute atomic E-state index is 7.00. The Bertz CT molecular complexity index is 3150. The summed E-state index contributed by atoms with van der Waals surface area (Å²) in [5, 5.41) is 0.435. The average Bonchev–Trinajstić information content (AvgIpc) is 1.49. The Morgan fingerprint density at radius 1 is 0.365 bits per heavy atom. The van der Waals surface area contributed by atoms with Crippen LogP contribution in [0.25, 0.3) is 0 Å². The molecule has 3 fully saturated rings. The highest BCUT2D eigenvalue weighted by atomic mass is 28.4. The molecule has 4 aromatic rings. The predicted molar refractivity (Wildman–Crippen MR) is 420 cm³/mol. The molecule has 2 atom stereocenters. The van der Waals surface area contributed by atoms with Crippen molar-refractivity contribution in [2.75, 3.05) is 0 Å². The van der Waals surface area contributed by atoms with E-state index in [0.717, 1.165) is 56.8 Å². The number of hydrogen-bond acceptors (Lipinski definition) is 8. The summed E-state index contributed by atoms with van der Waals surface area (Å²) < 4.78 is 50.6. The van der Waals surface area contributed by atoms with Crippen molar-refractivity contribution in [1.82, 2.24) is 0 Å². The molecule has 96 heavy (non-hydrogen) atoms. The first-order valence-electron chi connectivity index (χ1n) is 37.2. The summed E-state index contributed by atoms with van der Waals surface area (Å²) in [4.78, 5) is 0. The fourth-order valence-corrected chi connectivity index (χ4v) is 16.3. The second-order valence-electron chi connectivity index (χ2n) is 37.6. The third-order valence-corrected chi connectivity index (χ3v) is 34.1. The van der Waals surface area contributed by atoms with E-state index < -0.39 is 30.7 Å². The van der Waals surface area contributed by atoms with Gasteiger partial charge in [0.25, 0.3) is 0 Å². The summed E-state index contributed by atoms with van der Waals surface area (Å²) in [6.45, 7) is 82.8. The number of hydrogen-bond donors (Lipinski definition) is 0. The molecule has 0 radical (unpaired) electrons. The van der Waals surface area contributed by atoms with Gasteiger partial charge in [-0.25, -0.2) is 0 Å². The first-order valence-corrected chi connectivity index (χ1v) is 43.0. The van der Waals surface area contributed by atoms with E-state index in [4.69, 9.17) is 36.8 Å². The van der Waals surface area contributed by atoms with Crippen LogP contribution in [-0.4, -0.2) is 83.6 Å². The van der Waals surface area contributed by atoms with Crippen molar-refractivity contribution in [3.05, 3.63) is 134 Å². The van der Waals surface area contributed by atoms with Crippen LogP contribution in [0, 0.1) is 45.4 Å². The van der Waals surface area contributed by atoms with Gasteiger partial charge in [0, 0.05) is 10.8 Å². The third-order valence-electron chi connectivity index (χ3n) is 25.1. The molecule has 2 unspecified atom stereocenters. The summed E-state index contributed by atoms with van der Waals surface area (Å²) >= 11 is 0. The van der Waals surface area contributed by atoms with Crippen molar-refractivity contribution in [3.63, 3.8) is 0 Å². The molecule has 0 aromatic heterocycles. The van der Waals surface area contributed by atoms with Gasteiger partial charge in [-0.1, -0.05) is 189 Å². The molecule has 0 aliphatic carbocycles. The average molecular weight is 1360 g/mol. The number of rotatable bonds is 20. The van der Waals surface area contributed by atoms with Gasteiger partial charge in [0.1, 0.15) is 0 Å². The van der Waals surface area contributed by atoms with Crippen LogP contribution in [0.3, 0.4) is 0 Å². The highest BCUT2D eigenvalue weighted by Crippen LogP contribution is 2.47. The fourth-order valence-electron chi connectivity index (χ4n) is 13.2. The molecule has 0 spiro atoms. The maximum atomic E-state index is 7.00. The minimum Gasteiger partial charge on any atom is -0.413 e. The molecule has 8 nitrogen and oxygen atoms in total. The van der Waals surface area contributed by atoms with E-state index >= 15 is 0 Å². The zero-order valence-electron chi connectivity index (χ0n) is 68.7. The summed E-state index contributed by atoms with van der Waals surface area (Å²) in [6, 6.07) is 28.5.